The molecule has 0 aliphatic heterocycles. The van der Waals surface area contributed by atoms with Gasteiger partial charge in [0.25, 0.3) is 0 Å². The molecular weight excluding hydrogens is 242 g/mol. The lowest BCUT2D eigenvalue weighted by atomic mass is 10.1. The normalized spacial score (nSPS) is 12.4. The number of phenols is 1. The molecule has 1 unspecified atom stereocenters. The summed E-state index contributed by atoms with van der Waals surface area (Å²) < 4.78 is 7.00. The molecule has 0 saturated heterocycles. The highest BCUT2D eigenvalue weighted by Crippen LogP contribution is 2.28. The van der Waals surface area contributed by atoms with E-state index in [-0.39, 0.29) is 11.8 Å². The van der Waals surface area contributed by atoms with Crippen molar-refractivity contribution >= 4 is 0 Å². The highest BCUT2D eigenvalue weighted by atomic mass is 16.5. The summed E-state index contributed by atoms with van der Waals surface area (Å²) in [6.45, 7) is 2.69. The van der Waals surface area contributed by atoms with Gasteiger partial charge in [0.1, 0.15) is 11.5 Å². The number of hydrogen-bond donors (Lipinski definition) is 2. The number of benzene rings is 1. The minimum Gasteiger partial charge on any atom is -0.508 e. The van der Waals surface area contributed by atoms with E-state index < -0.39 is 0 Å². The number of nitrogens with zero attached hydrogens (tertiary/aromatic N) is 2. The van der Waals surface area contributed by atoms with Gasteiger partial charge < -0.3 is 15.2 Å². The van der Waals surface area contributed by atoms with Gasteiger partial charge in [-0.2, -0.15) is 5.10 Å². The Bertz CT molecular complexity index is 551. The van der Waals surface area contributed by atoms with Crippen molar-refractivity contribution in [1.29, 1.82) is 0 Å². The summed E-state index contributed by atoms with van der Waals surface area (Å²) in [5.41, 5.74) is 1.91. The SMILES string of the molecule is COc1ccc(O)c(C(C)NCc2ccnn2C)c1. The highest BCUT2D eigenvalue weighted by Gasteiger charge is 2.11. The molecule has 1 aromatic heterocycles. The first-order valence-corrected chi connectivity index (χ1v) is 6.19. The quantitative estimate of drug-likeness (QED) is 0.864. The van der Waals surface area contributed by atoms with Gasteiger partial charge >= 0.3 is 0 Å². The molecular formula is C14H19N3O2. The van der Waals surface area contributed by atoms with Crippen LogP contribution < -0.4 is 10.1 Å². The lowest BCUT2D eigenvalue weighted by Gasteiger charge is -2.16. The van der Waals surface area contributed by atoms with Gasteiger partial charge in [0.15, 0.2) is 0 Å². The molecule has 0 aliphatic rings. The minimum absolute atomic E-state index is 0.0185. The summed E-state index contributed by atoms with van der Waals surface area (Å²) in [6.07, 6.45) is 1.77. The first kappa shape index (κ1) is 13.4. The molecule has 1 aromatic carbocycles. The van der Waals surface area contributed by atoms with Gasteiger partial charge in [-0.25, -0.2) is 0 Å². The summed E-state index contributed by atoms with van der Waals surface area (Å²) in [5.74, 6) is 1.01. The third-order valence-electron chi connectivity index (χ3n) is 3.21. The second-order valence-electron chi connectivity index (χ2n) is 4.47. The van der Waals surface area contributed by atoms with E-state index in [1.54, 1.807) is 25.4 Å². The fourth-order valence-corrected chi connectivity index (χ4v) is 1.95. The lowest BCUT2D eigenvalue weighted by Crippen LogP contribution is -2.20. The average molecular weight is 261 g/mol. The number of aromatic hydroxyl groups is 1. The molecule has 1 heterocycles. The van der Waals surface area contributed by atoms with Crippen LogP contribution in [0.1, 0.15) is 24.2 Å². The van der Waals surface area contributed by atoms with Crippen molar-refractivity contribution < 1.29 is 9.84 Å². The van der Waals surface area contributed by atoms with E-state index in [9.17, 15) is 5.11 Å². The molecule has 0 radical (unpaired) electrons. The Labute approximate surface area is 112 Å². The predicted molar refractivity (Wildman–Crippen MR) is 73.1 cm³/mol. The van der Waals surface area contributed by atoms with E-state index >= 15 is 0 Å². The van der Waals surface area contributed by atoms with Gasteiger partial charge in [0, 0.05) is 31.4 Å². The van der Waals surface area contributed by atoms with Crippen molar-refractivity contribution in [2.75, 3.05) is 7.11 Å². The van der Waals surface area contributed by atoms with Crippen molar-refractivity contribution in [1.82, 2.24) is 15.1 Å². The Kier molecular flexibility index (Phi) is 4.06. The van der Waals surface area contributed by atoms with Crippen molar-refractivity contribution in [2.45, 2.75) is 19.5 Å². The van der Waals surface area contributed by atoms with Crippen LogP contribution in [0, 0.1) is 0 Å². The van der Waals surface area contributed by atoms with E-state index in [0.29, 0.717) is 6.54 Å². The molecule has 0 aliphatic carbocycles. The number of phenolic OH excluding ortho intramolecular Hbond substituents is 1. The first-order chi connectivity index (χ1) is 9.11. The standard InChI is InChI=1S/C14H19N3O2/c1-10(15-9-11-6-7-16-17(11)2)13-8-12(19-3)4-5-14(13)18/h4-8,10,15,18H,9H2,1-3H3. The molecule has 0 fully saturated rings. The third-order valence-corrected chi connectivity index (χ3v) is 3.21. The van der Waals surface area contributed by atoms with Crippen LogP contribution in [0.4, 0.5) is 0 Å². The summed E-state index contributed by atoms with van der Waals surface area (Å²) >= 11 is 0. The van der Waals surface area contributed by atoms with E-state index in [1.807, 2.05) is 30.8 Å². The van der Waals surface area contributed by atoms with E-state index in [4.69, 9.17) is 4.74 Å². The maximum Gasteiger partial charge on any atom is 0.120 e. The maximum atomic E-state index is 9.90. The maximum absolute atomic E-state index is 9.90. The van der Waals surface area contributed by atoms with Crippen molar-refractivity contribution in [3.63, 3.8) is 0 Å². The van der Waals surface area contributed by atoms with Crippen LogP contribution in [0.3, 0.4) is 0 Å². The molecule has 5 heteroatoms. The van der Waals surface area contributed by atoms with Crippen molar-refractivity contribution in [2.24, 2.45) is 7.05 Å². The Morgan fingerprint density at radius 3 is 2.84 bits per heavy atom. The van der Waals surface area contributed by atoms with Gasteiger partial charge in [-0.1, -0.05) is 0 Å². The lowest BCUT2D eigenvalue weighted by molar-refractivity contribution is 0.407. The van der Waals surface area contributed by atoms with Crippen LogP contribution in [0.15, 0.2) is 30.5 Å². The number of methoxy groups -OCH3 is 1. The van der Waals surface area contributed by atoms with Gasteiger partial charge in [-0.05, 0) is 31.2 Å². The molecule has 0 bridgehead atoms. The molecule has 102 valence electrons. The smallest absolute Gasteiger partial charge is 0.120 e. The molecule has 0 amide bonds. The number of hydrogen-bond acceptors (Lipinski definition) is 4. The summed E-state index contributed by atoms with van der Waals surface area (Å²) in [5, 5.41) is 17.4. The van der Waals surface area contributed by atoms with Gasteiger partial charge in [-0.3, -0.25) is 4.68 Å². The Morgan fingerprint density at radius 1 is 1.42 bits per heavy atom. The summed E-state index contributed by atoms with van der Waals surface area (Å²) in [4.78, 5) is 0. The Hall–Kier alpha value is -2.01. The second kappa shape index (κ2) is 5.75. The topological polar surface area (TPSA) is 59.3 Å². The summed E-state index contributed by atoms with van der Waals surface area (Å²) in [6, 6.07) is 7.22. The van der Waals surface area contributed by atoms with Crippen LogP contribution >= 0.6 is 0 Å². The summed E-state index contributed by atoms with van der Waals surface area (Å²) in [7, 11) is 3.52. The fourth-order valence-electron chi connectivity index (χ4n) is 1.95. The number of aromatic nitrogens is 2. The number of rotatable bonds is 5. The van der Waals surface area contributed by atoms with Gasteiger partial charge in [0.05, 0.1) is 12.8 Å². The van der Waals surface area contributed by atoms with Crippen LogP contribution in [0.2, 0.25) is 0 Å². The van der Waals surface area contributed by atoms with Crippen molar-refractivity contribution in [3.05, 3.63) is 41.7 Å². The van der Waals surface area contributed by atoms with Crippen LogP contribution in [-0.4, -0.2) is 22.0 Å². The number of nitrogens with one attached hydrogen (secondary N) is 1. The zero-order valence-electron chi connectivity index (χ0n) is 11.4. The van der Waals surface area contributed by atoms with Gasteiger partial charge in [0.2, 0.25) is 0 Å². The molecule has 0 saturated carbocycles. The van der Waals surface area contributed by atoms with Crippen LogP contribution in [0.5, 0.6) is 11.5 Å². The highest BCUT2D eigenvalue weighted by molar-refractivity contribution is 5.41. The zero-order valence-corrected chi connectivity index (χ0v) is 11.4. The molecule has 2 aromatic rings. The average Bonchev–Trinajstić information content (AvgIpc) is 2.82. The first-order valence-electron chi connectivity index (χ1n) is 6.19. The minimum atomic E-state index is 0.0185. The third kappa shape index (κ3) is 3.06. The number of aryl methyl sites for hydroxylation is 1. The van der Waals surface area contributed by atoms with Crippen LogP contribution in [0.25, 0.3) is 0 Å². The van der Waals surface area contributed by atoms with E-state index in [1.165, 1.54) is 0 Å². The molecule has 5 nitrogen and oxygen atoms in total. The predicted octanol–water partition coefficient (Wildman–Crippen LogP) is 1.99. The largest absolute Gasteiger partial charge is 0.508 e. The second-order valence-corrected chi connectivity index (χ2v) is 4.47. The molecule has 2 rings (SSSR count). The Morgan fingerprint density at radius 2 is 2.21 bits per heavy atom. The van der Waals surface area contributed by atoms with Gasteiger partial charge in [-0.15, -0.1) is 0 Å². The zero-order chi connectivity index (χ0) is 13.8. The van der Waals surface area contributed by atoms with E-state index in [2.05, 4.69) is 10.4 Å². The fraction of sp³-hybridized carbons (Fsp3) is 0.357. The molecule has 0 spiro atoms. The monoisotopic (exact) mass is 261 g/mol. The molecule has 19 heavy (non-hydrogen) atoms. The van der Waals surface area contributed by atoms with Crippen molar-refractivity contribution in [3.8, 4) is 11.5 Å². The Balaban J connectivity index is 2.07. The van der Waals surface area contributed by atoms with Crippen LogP contribution in [-0.2, 0) is 13.6 Å². The number of ether oxygens (including phenoxy) is 1. The molecule has 1 atom stereocenters. The van der Waals surface area contributed by atoms with E-state index in [0.717, 1.165) is 17.0 Å². The molecule has 2 N–H and O–H groups in total.